The summed E-state index contributed by atoms with van der Waals surface area (Å²) in [4.78, 5) is 0. The third-order valence-electron chi connectivity index (χ3n) is 4.40. The van der Waals surface area contributed by atoms with E-state index in [1.54, 1.807) is 11.8 Å². The van der Waals surface area contributed by atoms with E-state index in [0.29, 0.717) is 0 Å². The summed E-state index contributed by atoms with van der Waals surface area (Å²) in [5, 5.41) is 9.74. The Morgan fingerprint density at radius 1 is 0.667 bits per heavy atom. The van der Waals surface area contributed by atoms with E-state index in [1.807, 2.05) is 18.2 Å². The fraction of sp³-hybridized carbons (Fsp3) is 0.0833. The zero-order valence-corrected chi connectivity index (χ0v) is 16.0. The lowest BCUT2D eigenvalue weighted by Crippen LogP contribution is -1.90. The van der Waals surface area contributed by atoms with Gasteiger partial charge >= 0.3 is 0 Å². The second-order valence-corrected chi connectivity index (χ2v) is 7.47. The molecule has 0 N–H and O–H groups in total. The maximum absolute atomic E-state index is 4.41. The van der Waals surface area contributed by atoms with Crippen molar-refractivity contribution >= 4 is 11.8 Å². The molecule has 1 heterocycles. The van der Waals surface area contributed by atoms with Crippen LogP contribution in [-0.2, 0) is 5.75 Å². The molecule has 4 rings (SSSR count). The zero-order valence-electron chi connectivity index (χ0n) is 15.2. The molecule has 2 nitrogen and oxygen atoms in total. The second kappa shape index (κ2) is 8.19. The highest BCUT2D eigenvalue weighted by atomic mass is 32.2. The lowest BCUT2D eigenvalue weighted by molar-refractivity contribution is 0.935. The van der Waals surface area contributed by atoms with E-state index in [9.17, 15) is 0 Å². The number of thioether (sulfide) groups is 1. The Morgan fingerprint density at radius 2 is 1.41 bits per heavy atom. The van der Waals surface area contributed by atoms with E-state index in [4.69, 9.17) is 0 Å². The largest absolute Gasteiger partial charge is 0.149 e. The van der Waals surface area contributed by atoms with E-state index in [0.717, 1.165) is 22.0 Å². The summed E-state index contributed by atoms with van der Waals surface area (Å²) in [5.41, 5.74) is 7.00. The molecule has 0 aliphatic rings. The normalized spacial score (nSPS) is 10.7. The van der Waals surface area contributed by atoms with E-state index >= 15 is 0 Å². The third kappa shape index (κ3) is 4.44. The van der Waals surface area contributed by atoms with Gasteiger partial charge in [0.25, 0.3) is 0 Å². The van der Waals surface area contributed by atoms with Crippen molar-refractivity contribution in [1.29, 1.82) is 0 Å². The van der Waals surface area contributed by atoms with Gasteiger partial charge in [0.1, 0.15) is 5.03 Å². The van der Waals surface area contributed by atoms with Gasteiger partial charge in [0, 0.05) is 11.3 Å². The first-order chi connectivity index (χ1) is 13.3. The summed E-state index contributed by atoms with van der Waals surface area (Å²) in [7, 11) is 0. The van der Waals surface area contributed by atoms with Crippen LogP contribution in [0.2, 0.25) is 0 Å². The number of rotatable bonds is 5. The Labute approximate surface area is 164 Å². The van der Waals surface area contributed by atoms with Gasteiger partial charge in [-0.05, 0) is 35.7 Å². The molecule has 0 saturated carbocycles. The standard InChI is InChI=1S/C24H20N2S/c1-18-6-5-7-19(16-18)17-27-24-15-14-23(25-26-24)22-12-10-21(11-13-22)20-8-3-2-4-9-20/h2-16H,17H2,1H3. The topological polar surface area (TPSA) is 25.8 Å². The minimum Gasteiger partial charge on any atom is -0.149 e. The van der Waals surface area contributed by atoms with Gasteiger partial charge in [0.2, 0.25) is 0 Å². The molecular weight excluding hydrogens is 348 g/mol. The fourth-order valence-electron chi connectivity index (χ4n) is 2.97. The highest BCUT2D eigenvalue weighted by molar-refractivity contribution is 7.98. The van der Waals surface area contributed by atoms with Crippen molar-refractivity contribution < 1.29 is 0 Å². The Balaban J connectivity index is 1.44. The maximum Gasteiger partial charge on any atom is 0.119 e. The summed E-state index contributed by atoms with van der Waals surface area (Å²) in [5.74, 6) is 0.904. The Hall–Kier alpha value is -2.91. The summed E-state index contributed by atoms with van der Waals surface area (Å²) < 4.78 is 0. The van der Waals surface area contributed by atoms with Gasteiger partial charge in [-0.2, -0.15) is 0 Å². The van der Waals surface area contributed by atoms with Crippen molar-refractivity contribution in [1.82, 2.24) is 10.2 Å². The monoisotopic (exact) mass is 368 g/mol. The molecule has 3 heteroatoms. The van der Waals surface area contributed by atoms with Gasteiger partial charge < -0.3 is 0 Å². The predicted octanol–water partition coefficient (Wildman–Crippen LogP) is 6.41. The second-order valence-electron chi connectivity index (χ2n) is 6.48. The number of hydrogen-bond donors (Lipinski definition) is 0. The molecule has 0 spiro atoms. The molecule has 0 saturated heterocycles. The number of hydrogen-bond acceptors (Lipinski definition) is 3. The van der Waals surface area contributed by atoms with Crippen molar-refractivity contribution in [2.45, 2.75) is 17.7 Å². The van der Waals surface area contributed by atoms with E-state index in [-0.39, 0.29) is 0 Å². The molecule has 0 amide bonds. The number of aryl methyl sites for hydroxylation is 1. The lowest BCUT2D eigenvalue weighted by atomic mass is 10.0. The average molecular weight is 369 g/mol. The summed E-state index contributed by atoms with van der Waals surface area (Å²) in [6.45, 7) is 2.12. The smallest absolute Gasteiger partial charge is 0.119 e. The molecule has 0 unspecified atom stereocenters. The summed E-state index contributed by atoms with van der Waals surface area (Å²) in [6, 6.07) is 31.5. The quantitative estimate of drug-likeness (QED) is 0.381. The molecular formula is C24H20N2S. The fourth-order valence-corrected chi connectivity index (χ4v) is 3.73. The van der Waals surface area contributed by atoms with Crippen LogP contribution >= 0.6 is 11.8 Å². The Bertz CT molecular complexity index is 1010. The number of aromatic nitrogens is 2. The molecule has 1 aromatic heterocycles. The van der Waals surface area contributed by atoms with Crippen LogP contribution in [-0.4, -0.2) is 10.2 Å². The van der Waals surface area contributed by atoms with Gasteiger partial charge in [-0.25, -0.2) is 0 Å². The highest BCUT2D eigenvalue weighted by Crippen LogP contribution is 2.25. The minimum atomic E-state index is 0.898. The molecule has 0 bridgehead atoms. The first kappa shape index (κ1) is 17.5. The first-order valence-electron chi connectivity index (χ1n) is 8.96. The van der Waals surface area contributed by atoms with Crippen molar-refractivity contribution in [2.24, 2.45) is 0 Å². The van der Waals surface area contributed by atoms with Gasteiger partial charge in [0.15, 0.2) is 0 Å². The van der Waals surface area contributed by atoms with Gasteiger partial charge in [0.05, 0.1) is 5.69 Å². The van der Waals surface area contributed by atoms with Crippen LogP contribution < -0.4 is 0 Å². The van der Waals surface area contributed by atoms with Crippen molar-refractivity contribution in [3.63, 3.8) is 0 Å². The first-order valence-corrected chi connectivity index (χ1v) is 9.94. The Kier molecular flexibility index (Phi) is 5.31. The average Bonchev–Trinajstić information content (AvgIpc) is 2.74. The van der Waals surface area contributed by atoms with Crippen molar-refractivity contribution in [3.05, 3.63) is 102 Å². The molecule has 132 valence electrons. The van der Waals surface area contributed by atoms with Gasteiger partial charge in [-0.3, -0.25) is 0 Å². The van der Waals surface area contributed by atoms with Crippen LogP contribution in [0.1, 0.15) is 11.1 Å². The van der Waals surface area contributed by atoms with Crippen LogP contribution in [0.4, 0.5) is 0 Å². The molecule has 0 fully saturated rings. The highest BCUT2D eigenvalue weighted by Gasteiger charge is 2.04. The van der Waals surface area contributed by atoms with Crippen LogP contribution in [0, 0.1) is 6.92 Å². The van der Waals surface area contributed by atoms with E-state index in [1.165, 1.54) is 22.3 Å². The SMILES string of the molecule is Cc1cccc(CSc2ccc(-c3ccc(-c4ccccc4)cc3)nn2)c1. The molecule has 0 aliphatic carbocycles. The van der Waals surface area contributed by atoms with Crippen LogP contribution in [0.25, 0.3) is 22.4 Å². The van der Waals surface area contributed by atoms with E-state index < -0.39 is 0 Å². The predicted molar refractivity (Wildman–Crippen MR) is 114 cm³/mol. The third-order valence-corrected chi connectivity index (χ3v) is 5.39. The maximum atomic E-state index is 4.41. The summed E-state index contributed by atoms with van der Waals surface area (Å²) >= 11 is 1.71. The minimum absolute atomic E-state index is 0.898. The molecule has 0 atom stereocenters. The van der Waals surface area contributed by atoms with Gasteiger partial charge in [-0.1, -0.05) is 96.2 Å². The molecule has 0 aliphatic heterocycles. The summed E-state index contributed by atoms with van der Waals surface area (Å²) in [6.07, 6.45) is 0. The molecule has 27 heavy (non-hydrogen) atoms. The lowest BCUT2D eigenvalue weighted by Gasteiger charge is -2.05. The van der Waals surface area contributed by atoms with Crippen LogP contribution in [0.3, 0.4) is 0 Å². The van der Waals surface area contributed by atoms with Crippen LogP contribution in [0.15, 0.2) is 96.0 Å². The number of benzene rings is 3. The van der Waals surface area contributed by atoms with Gasteiger partial charge in [-0.15, -0.1) is 10.2 Å². The molecule has 0 radical (unpaired) electrons. The molecule has 4 aromatic rings. The van der Waals surface area contributed by atoms with Crippen LogP contribution in [0.5, 0.6) is 0 Å². The number of nitrogens with zero attached hydrogens (tertiary/aromatic N) is 2. The molecule has 3 aromatic carbocycles. The zero-order chi connectivity index (χ0) is 18.5. The van der Waals surface area contributed by atoms with Crippen molar-refractivity contribution in [2.75, 3.05) is 0 Å². The van der Waals surface area contributed by atoms with Crippen molar-refractivity contribution in [3.8, 4) is 22.4 Å². The van der Waals surface area contributed by atoms with E-state index in [2.05, 4.69) is 89.9 Å². The Morgan fingerprint density at radius 3 is 2.11 bits per heavy atom.